The molecular weight excluding hydrogens is 1320 g/mol. The van der Waals surface area contributed by atoms with Gasteiger partial charge in [0.2, 0.25) is 0 Å². The molecule has 101 heavy (non-hydrogen) atoms. The van der Waals surface area contributed by atoms with Gasteiger partial charge < -0.3 is 44.0 Å². The van der Waals surface area contributed by atoms with Gasteiger partial charge in [0.1, 0.15) is 42.4 Å². The number of nitrogens with two attached hydrogens (primary N) is 2. The van der Waals surface area contributed by atoms with Crippen LogP contribution in [0.1, 0.15) is 186 Å². The third-order valence-corrected chi connectivity index (χ3v) is 15.4. The Labute approximate surface area is 594 Å². The second-order valence-corrected chi connectivity index (χ2v) is 25.7. The van der Waals surface area contributed by atoms with Crippen molar-refractivity contribution in [2.24, 2.45) is 41.6 Å². The predicted molar refractivity (Wildman–Crippen MR) is 380 cm³/mol. The number of hydrogen-bond acceptors (Lipinski definition) is 31. The maximum Gasteiger partial charge on any atom is 0.306 e. The van der Waals surface area contributed by atoms with Gasteiger partial charge in [-0.2, -0.15) is 0 Å². The van der Waals surface area contributed by atoms with Crippen molar-refractivity contribution in [3.63, 3.8) is 0 Å². The third-order valence-electron chi connectivity index (χ3n) is 15.4. The summed E-state index contributed by atoms with van der Waals surface area (Å²) in [5, 5.41) is 24.8. The Morgan fingerprint density at radius 2 is 0.554 bits per heavy atom. The molecule has 2 amide bonds. The van der Waals surface area contributed by atoms with Crippen LogP contribution in [-0.2, 0) is 86.0 Å². The highest BCUT2D eigenvalue weighted by Crippen LogP contribution is 2.20. The first-order valence-electron chi connectivity index (χ1n) is 33.9. The Bertz CT molecular complexity index is 2890. The van der Waals surface area contributed by atoms with E-state index >= 15 is 0 Å². The van der Waals surface area contributed by atoms with E-state index in [1.807, 2.05) is 18.7 Å². The largest absolute Gasteiger partial charge is 0.461 e. The number of ketones is 4. The summed E-state index contributed by atoms with van der Waals surface area (Å²) in [6.45, 7) is 19.7. The average Bonchev–Trinajstić information content (AvgIpc) is 0.847. The van der Waals surface area contributed by atoms with Crippen LogP contribution in [0.4, 0.5) is 0 Å². The van der Waals surface area contributed by atoms with Crippen molar-refractivity contribution in [1.82, 2.24) is 26.0 Å². The van der Waals surface area contributed by atoms with Gasteiger partial charge in [-0.3, -0.25) is 108 Å². The number of hydrogen-bond donors (Lipinski definition) is 7. The number of aliphatic imine (C=N–C) groups is 6. The van der Waals surface area contributed by atoms with Gasteiger partial charge in [-0.25, -0.2) is 11.7 Å². The van der Waals surface area contributed by atoms with Gasteiger partial charge in [-0.05, 0) is 129 Å². The molecule has 0 aromatic rings. The minimum atomic E-state index is -2.58. The Morgan fingerprint density at radius 3 is 0.743 bits per heavy atom. The van der Waals surface area contributed by atoms with Crippen LogP contribution in [0.2, 0.25) is 0 Å². The van der Waals surface area contributed by atoms with Crippen LogP contribution >= 0.6 is 0 Å². The van der Waals surface area contributed by atoms with Crippen LogP contribution in [0, 0.1) is 0 Å². The van der Waals surface area contributed by atoms with Gasteiger partial charge in [0.05, 0.1) is 64.7 Å². The summed E-state index contributed by atoms with van der Waals surface area (Å²) < 4.78 is 34.0. The molecule has 0 rings (SSSR count). The summed E-state index contributed by atoms with van der Waals surface area (Å²) in [5.74, 6) is 2.50. The lowest BCUT2D eigenvalue weighted by molar-refractivity contribution is -0.154. The third kappa shape index (κ3) is 44.2. The topological polar surface area (TPSA) is 469 Å². The zero-order valence-corrected chi connectivity index (χ0v) is 62.3. The molecule has 0 aliphatic rings. The number of Topliss-reactive ketones (excluding diaryl/α,β-unsaturated/α-hetero) is 4. The smallest absolute Gasteiger partial charge is 0.306 e. The predicted octanol–water partition coefficient (Wildman–Crippen LogP) is 2.01. The number of amides is 2. The standard InChI is InChI=1S/C68H115N13O20/c1-43(72-14)17-23-59(86)96-49(7)37-80(38-50(8)97-60(87)24-18-44(2)73-15)40-52(10)99-63(90)27-21-47(5)76-35-57(84)31-68(95,66(93)79-70)32-58(85)36-77-48(6)22-28-64(91)101-54(12)42-81(39-51(9)98-61(88)25-19-45(3)74-16)41-53(11)100-62(89)26-20-46(4)75-34-56(83)30-67(94,65(92)78-69)29-55(82)33-71-13/h49-54,71,94-95H,17-42,69-70H2,1-16H3,(H,78,92)(H,79,93). The molecule has 0 heterocycles. The van der Waals surface area contributed by atoms with E-state index in [0.29, 0.717) is 36.4 Å². The molecule has 0 saturated carbocycles. The molecular formula is C68H115N13O20. The Kier molecular flexibility index (Phi) is 46.6. The van der Waals surface area contributed by atoms with Gasteiger partial charge in [0.15, 0.2) is 28.6 Å². The number of aliphatic hydroxyl groups is 2. The summed E-state index contributed by atoms with van der Waals surface area (Å²) in [6.07, 6.45) is -5.51. The second-order valence-electron chi connectivity index (χ2n) is 25.7. The molecule has 0 aromatic carbocycles. The number of carbonyl (C=O) groups excluding carboxylic acids is 12. The number of esters is 6. The number of ether oxygens (including phenoxy) is 6. The van der Waals surface area contributed by atoms with Crippen molar-refractivity contribution in [1.29, 1.82) is 0 Å². The van der Waals surface area contributed by atoms with Gasteiger partial charge in [-0.15, -0.1) is 0 Å². The highest BCUT2D eigenvalue weighted by Gasteiger charge is 2.41. The summed E-state index contributed by atoms with van der Waals surface area (Å²) in [4.78, 5) is 182. The van der Waals surface area contributed by atoms with E-state index in [0.717, 1.165) is 17.1 Å². The number of carbonyl (C=O) groups is 12. The van der Waals surface area contributed by atoms with Crippen LogP contribution in [0.25, 0.3) is 0 Å². The molecule has 8 atom stereocenters. The van der Waals surface area contributed by atoms with Crippen molar-refractivity contribution in [2.45, 2.75) is 234 Å². The first-order valence-corrected chi connectivity index (χ1v) is 33.9. The lowest BCUT2D eigenvalue weighted by Crippen LogP contribution is -2.52. The molecule has 0 aliphatic carbocycles. The maximum atomic E-state index is 13.2. The number of nitrogens with zero attached hydrogens (tertiary/aromatic N) is 8. The van der Waals surface area contributed by atoms with Crippen LogP contribution in [0.15, 0.2) is 30.0 Å². The molecule has 0 spiro atoms. The molecule has 572 valence electrons. The monoisotopic (exact) mass is 1430 g/mol. The first-order chi connectivity index (χ1) is 47.3. The summed E-state index contributed by atoms with van der Waals surface area (Å²) >= 11 is 0. The summed E-state index contributed by atoms with van der Waals surface area (Å²) in [7, 11) is 6.41. The molecule has 0 aromatic heterocycles. The van der Waals surface area contributed by atoms with E-state index in [1.165, 1.54) is 7.05 Å². The molecule has 33 heteroatoms. The van der Waals surface area contributed by atoms with Crippen molar-refractivity contribution in [2.75, 3.05) is 93.6 Å². The van der Waals surface area contributed by atoms with E-state index in [2.05, 4.69) is 35.3 Å². The van der Waals surface area contributed by atoms with E-state index in [1.54, 1.807) is 106 Å². The Hall–Kier alpha value is -7.82. The fourth-order valence-electron chi connectivity index (χ4n) is 9.94. The van der Waals surface area contributed by atoms with Crippen molar-refractivity contribution in [3.05, 3.63) is 0 Å². The van der Waals surface area contributed by atoms with Gasteiger partial charge in [-0.1, -0.05) is 0 Å². The molecule has 8 unspecified atom stereocenters. The minimum Gasteiger partial charge on any atom is -0.461 e. The molecule has 0 aliphatic heterocycles. The molecule has 0 fully saturated rings. The fraction of sp³-hybridized carbons (Fsp3) is 0.735. The molecule has 9 N–H and O–H groups in total. The van der Waals surface area contributed by atoms with Gasteiger partial charge >= 0.3 is 35.8 Å². The quantitative estimate of drug-likeness (QED) is 0.0114. The van der Waals surface area contributed by atoms with Crippen molar-refractivity contribution in [3.8, 4) is 0 Å². The number of nitrogens with one attached hydrogen (secondary N) is 3. The normalized spacial score (nSPS) is 15.5. The highest BCUT2D eigenvalue weighted by molar-refractivity contribution is 5.99. The summed E-state index contributed by atoms with van der Waals surface area (Å²) in [6, 6.07) is 0. The Morgan fingerprint density at radius 1 is 0.356 bits per heavy atom. The molecule has 0 bridgehead atoms. The van der Waals surface area contributed by atoms with Gasteiger partial charge in [0.25, 0.3) is 11.8 Å². The average molecular weight is 1430 g/mol. The van der Waals surface area contributed by atoms with Crippen molar-refractivity contribution >= 4 is 105 Å². The van der Waals surface area contributed by atoms with Crippen LogP contribution in [-0.4, -0.2) is 267 Å². The first kappa shape index (κ1) is 93.2. The van der Waals surface area contributed by atoms with E-state index < -0.39 is 164 Å². The fourth-order valence-corrected chi connectivity index (χ4v) is 9.94. The van der Waals surface area contributed by atoms with E-state index in [-0.39, 0.29) is 104 Å². The maximum absolute atomic E-state index is 13.2. The number of hydrazine groups is 2. The van der Waals surface area contributed by atoms with E-state index in [4.69, 9.17) is 40.1 Å². The molecule has 0 saturated heterocycles. The zero-order chi connectivity index (χ0) is 77.0. The lowest BCUT2D eigenvalue weighted by atomic mass is 9.90. The number of likely N-dealkylation sites (N-methyl/N-ethyl adjacent to an activating group) is 1. The molecule has 33 nitrogen and oxygen atoms in total. The minimum absolute atomic E-state index is 0.0470. The van der Waals surface area contributed by atoms with Gasteiger partial charge in [0, 0.05) is 120 Å². The summed E-state index contributed by atoms with van der Waals surface area (Å²) in [5.41, 5.74) is 2.09. The Balaban J connectivity index is 5.72. The van der Waals surface area contributed by atoms with Crippen molar-refractivity contribution < 1.29 is 96.2 Å². The van der Waals surface area contributed by atoms with E-state index in [9.17, 15) is 67.7 Å². The highest BCUT2D eigenvalue weighted by atomic mass is 16.6. The van der Waals surface area contributed by atoms with Crippen LogP contribution < -0.4 is 27.9 Å². The lowest BCUT2D eigenvalue weighted by Gasteiger charge is -2.30. The SMILES string of the molecule is CN=C(C)CCC(=O)OC(C)CN(CC(C)OC(=O)CCC(C)=NC)CC(C)OC(=O)CCC(C)=NCC(=O)CC(O)(CC(=O)CN=C(C)CCC(=O)OC(C)CN(CC(C)OC(=O)CCC(C)=NC)CC(C)OC(=O)CCC(C)=NCC(=O)CC(O)(CC(=O)CNC)C(=O)NN)C(=O)NN. The van der Waals surface area contributed by atoms with Crippen LogP contribution in [0.5, 0.6) is 0 Å². The molecule has 0 radical (unpaired) electrons. The van der Waals surface area contributed by atoms with Crippen LogP contribution in [0.3, 0.4) is 0 Å². The second kappa shape index (κ2) is 50.5. The zero-order valence-electron chi connectivity index (χ0n) is 62.3. The number of rotatable bonds is 54.